The van der Waals surface area contributed by atoms with Gasteiger partial charge in [0.05, 0.1) is 32.8 Å². The predicted molar refractivity (Wildman–Crippen MR) is 74.9 cm³/mol. The average molecular weight is 344 g/mol. The molecule has 1 rings (SSSR count). The summed E-state index contributed by atoms with van der Waals surface area (Å²) in [5, 5.41) is 0. The van der Waals surface area contributed by atoms with Gasteiger partial charge in [0.25, 0.3) is 0 Å². The van der Waals surface area contributed by atoms with Gasteiger partial charge in [0.15, 0.2) is 0 Å². The zero-order valence-corrected chi connectivity index (χ0v) is 13.9. The van der Waals surface area contributed by atoms with E-state index in [1.54, 1.807) is 0 Å². The Morgan fingerprint density at radius 2 is 1.91 bits per heavy atom. The molecule has 1 aliphatic heterocycles. The first-order valence-corrected chi connectivity index (χ1v) is 8.78. The summed E-state index contributed by atoms with van der Waals surface area (Å²) in [6, 6.07) is 0. The summed E-state index contributed by atoms with van der Waals surface area (Å²) in [7, 11) is -3.39. The number of ether oxygens (including phenoxy) is 2. The molecule has 0 bridgehead atoms. The van der Waals surface area contributed by atoms with Crippen molar-refractivity contribution in [2.24, 2.45) is 11.8 Å². The van der Waals surface area contributed by atoms with E-state index in [1.807, 2.05) is 0 Å². The van der Waals surface area contributed by atoms with Crippen LogP contribution in [0.2, 0.25) is 0 Å². The molecule has 0 amide bonds. The third-order valence-corrected chi connectivity index (χ3v) is 5.69. The summed E-state index contributed by atoms with van der Waals surface area (Å²) in [5.74, 6) is -2.12. The molecule has 6 nitrogen and oxygen atoms in total. The molecule has 0 unspecified atom stereocenters. The summed E-state index contributed by atoms with van der Waals surface area (Å²) in [6.45, 7) is 2.91. The standard InChI is InChI=1S/C13H23F2O6P/c1-4-20-22(17,21-5-2)13(14,15)8-10-6-7-19-9-11(10)12(16)18-3/h10-11H,4-9H2,1-3H3/t10-,11-/m1/s1. The number of carbonyl (C=O) groups excluding carboxylic acids is 1. The molecular formula is C13H23F2O6P. The van der Waals surface area contributed by atoms with Crippen molar-refractivity contribution >= 4 is 13.6 Å². The van der Waals surface area contributed by atoms with E-state index in [1.165, 1.54) is 21.0 Å². The van der Waals surface area contributed by atoms with Crippen molar-refractivity contribution in [3.05, 3.63) is 0 Å². The van der Waals surface area contributed by atoms with Gasteiger partial charge in [0.1, 0.15) is 0 Å². The van der Waals surface area contributed by atoms with E-state index in [0.717, 1.165) is 0 Å². The van der Waals surface area contributed by atoms with E-state index in [-0.39, 0.29) is 32.8 Å². The van der Waals surface area contributed by atoms with Crippen molar-refractivity contribution in [3.8, 4) is 0 Å². The molecule has 0 N–H and O–H groups in total. The van der Waals surface area contributed by atoms with Crippen LogP contribution in [-0.4, -0.2) is 45.2 Å². The number of alkyl halides is 2. The molecule has 2 atom stereocenters. The molecule has 1 aliphatic rings. The smallest absolute Gasteiger partial charge is 0.399 e. The molecule has 130 valence electrons. The molecule has 1 fully saturated rings. The lowest BCUT2D eigenvalue weighted by Gasteiger charge is -2.34. The van der Waals surface area contributed by atoms with Crippen LogP contribution in [0.4, 0.5) is 8.78 Å². The summed E-state index contributed by atoms with van der Waals surface area (Å²) in [4.78, 5) is 11.7. The highest BCUT2D eigenvalue weighted by molar-refractivity contribution is 7.55. The number of carbonyl (C=O) groups is 1. The predicted octanol–water partition coefficient (Wildman–Crippen LogP) is 3.06. The van der Waals surface area contributed by atoms with Gasteiger partial charge >= 0.3 is 19.2 Å². The summed E-state index contributed by atoms with van der Waals surface area (Å²) in [5.41, 5.74) is -3.67. The fourth-order valence-electron chi connectivity index (χ4n) is 2.43. The minimum atomic E-state index is -4.58. The lowest BCUT2D eigenvalue weighted by Crippen LogP contribution is -2.38. The van der Waals surface area contributed by atoms with Crippen LogP contribution in [0.25, 0.3) is 0 Å². The number of esters is 1. The number of hydrogen-bond donors (Lipinski definition) is 0. The van der Waals surface area contributed by atoms with Gasteiger partial charge < -0.3 is 18.5 Å². The lowest BCUT2D eigenvalue weighted by molar-refractivity contribution is -0.154. The highest BCUT2D eigenvalue weighted by atomic mass is 31.2. The maximum absolute atomic E-state index is 14.5. The Morgan fingerprint density at radius 1 is 1.32 bits per heavy atom. The van der Waals surface area contributed by atoms with E-state index in [9.17, 15) is 18.1 Å². The molecule has 0 aromatic heterocycles. The second kappa shape index (κ2) is 8.34. The van der Waals surface area contributed by atoms with Crippen molar-refractivity contribution < 1.29 is 36.7 Å². The molecule has 0 aromatic rings. The Labute approximate surface area is 129 Å². The molecule has 0 radical (unpaired) electrons. The topological polar surface area (TPSA) is 71.1 Å². The summed E-state index contributed by atoms with van der Waals surface area (Å²) >= 11 is 0. The first-order chi connectivity index (χ1) is 10.3. The van der Waals surface area contributed by atoms with Gasteiger partial charge in [0, 0.05) is 13.0 Å². The Morgan fingerprint density at radius 3 is 2.41 bits per heavy atom. The fraction of sp³-hybridized carbons (Fsp3) is 0.923. The molecular weight excluding hydrogens is 321 g/mol. The number of hydrogen-bond acceptors (Lipinski definition) is 6. The van der Waals surface area contributed by atoms with Crippen LogP contribution in [-0.2, 0) is 27.9 Å². The monoisotopic (exact) mass is 344 g/mol. The summed E-state index contributed by atoms with van der Waals surface area (Å²) in [6.07, 6.45) is -0.513. The maximum Gasteiger partial charge on any atom is 0.399 e. The average Bonchev–Trinajstić information content (AvgIpc) is 2.47. The SMILES string of the molecule is CCOP(=O)(OCC)C(F)(F)C[C@H]1CCOC[C@H]1C(=O)OC. The minimum Gasteiger partial charge on any atom is -0.469 e. The number of halogens is 2. The van der Waals surface area contributed by atoms with Gasteiger partial charge in [-0.1, -0.05) is 0 Å². The zero-order chi connectivity index (χ0) is 16.8. The van der Waals surface area contributed by atoms with Crippen molar-refractivity contribution in [1.82, 2.24) is 0 Å². The maximum atomic E-state index is 14.5. The van der Waals surface area contributed by atoms with E-state index < -0.39 is 37.5 Å². The van der Waals surface area contributed by atoms with Crippen LogP contribution in [0.3, 0.4) is 0 Å². The molecule has 9 heteroatoms. The first kappa shape index (κ1) is 19.5. The molecule has 0 spiro atoms. The van der Waals surface area contributed by atoms with E-state index in [4.69, 9.17) is 13.8 Å². The van der Waals surface area contributed by atoms with Gasteiger partial charge in [0.2, 0.25) is 0 Å². The second-order valence-electron chi connectivity index (χ2n) is 4.96. The van der Waals surface area contributed by atoms with Gasteiger partial charge in [-0.05, 0) is 26.2 Å². The Hall–Kier alpha value is -0.560. The van der Waals surface area contributed by atoms with Crippen LogP contribution < -0.4 is 0 Å². The zero-order valence-electron chi connectivity index (χ0n) is 13.0. The van der Waals surface area contributed by atoms with Gasteiger partial charge in [-0.15, -0.1) is 0 Å². The van der Waals surface area contributed by atoms with Crippen molar-refractivity contribution in [3.63, 3.8) is 0 Å². The third kappa shape index (κ3) is 4.47. The van der Waals surface area contributed by atoms with Crippen LogP contribution in [0.5, 0.6) is 0 Å². The highest BCUT2D eigenvalue weighted by Crippen LogP contribution is 2.64. The molecule has 0 aromatic carbocycles. The van der Waals surface area contributed by atoms with Gasteiger partial charge in [-0.2, -0.15) is 8.78 Å². The van der Waals surface area contributed by atoms with Crippen molar-refractivity contribution in [2.45, 2.75) is 32.4 Å². The minimum absolute atomic E-state index is 0.0149. The Balaban J connectivity index is 2.91. The number of methoxy groups -OCH3 is 1. The molecule has 1 saturated heterocycles. The lowest BCUT2D eigenvalue weighted by atomic mass is 9.86. The van der Waals surface area contributed by atoms with Crippen molar-refractivity contribution in [2.75, 3.05) is 33.5 Å². The van der Waals surface area contributed by atoms with E-state index in [0.29, 0.717) is 0 Å². The first-order valence-electron chi connectivity index (χ1n) is 7.24. The number of rotatable bonds is 8. The van der Waals surface area contributed by atoms with Crippen LogP contribution in [0.15, 0.2) is 0 Å². The third-order valence-electron chi connectivity index (χ3n) is 3.51. The molecule has 22 heavy (non-hydrogen) atoms. The normalized spacial score (nSPS) is 23.3. The van der Waals surface area contributed by atoms with Crippen molar-refractivity contribution in [1.29, 1.82) is 0 Å². The van der Waals surface area contributed by atoms with Gasteiger partial charge in [-0.3, -0.25) is 9.36 Å². The van der Waals surface area contributed by atoms with Crippen LogP contribution >= 0.6 is 7.60 Å². The summed E-state index contributed by atoms with van der Waals surface area (Å²) < 4.78 is 60.5. The van der Waals surface area contributed by atoms with Crippen LogP contribution in [0, 0.1) is 11.8 Å². The second-order valence-corrected chi connectivity index (χ2v) is 7.12. The van der Waals surface area contributed by atoms with E-state index in [2.05, 4.69) is 4.74 Å². The molecule has 0 aliphatic carbocycles. The highest BCUT2D eigenvalue weighted by Gasteiger charge is 2.55. The fourth-order valence-corrected chi connectivity index (χ4v) is 4.02. The molecule has 0 saturated carbocycles. The Bertz CT molecular complexity index is 407. The Kier molecular flexibility index (Phi) is 7.38. The quantitative estimate of drug-likeness (QED) is 0.498. The van der Waals surface area contributed by atoms with Gasteiger partial charge in [-0.25, -0.2) is 0 Å². The molecule has 1 heterocycles. The van der Waals surface area contributed by atoms with Crippen LogP contribution in [0.1, 0.15) is 26.7 Å². The van der Waals surface area contributed by atoms with E-state index >= 15 is 0 Å². The largest absolute Gasteiger partial charge is 0.469 e.